The molecule has 4 rings (SSSR count). The van der Waals surface area contributed by atoms with Crippen molar-refractivity contribution in [3.05, 3.63) is 78.3 Å². The number of methoxy groups -OCH3 is 2. The van der Waals surface area contributed by atoms with Crippen molar-refractivity contribution in [2.24, 2.45) is 0 Å². The van der Waals surface area contributed by atoms with Crippen LogP contribution in [-0.2, 0) is 17.8 Å². The van der Waals surface area contributed by atoms with E-state index in [1.54, 1.807) is 32.6 Å². The number of carbonyl (C=O) groups is 1. The van der Waals surface area contributed by atoms with E-state index in [-0.39, 0.29) is 18.1 Å². The molecule has 0 aliphatic carbocycles. The number of phenolic OH excluding ortho intramolecular Hbond substituents is 1. The summed E-state index contributed by atoms with van der Waals surface area (Å²) < 4.78 is 16.3. The molecule has 0 bridgehead atoms. The Labute approximate surface area is 185 Å². The Morgan fingerprint density at radius 3 is 2.34 bits per heavy atom. The summed E-state index contributed by atoms with van der Waals surface area (Å²) >= 11 is 0. The van der Waals surface area contributed by atoms with Crippen molar-refractivity contribution in [2.45, 2.75) is 13.0 Å². The first kappa shape index (κ1) is 21.1. The molecule has 0 spiro atoms. The quantitative estimate of drug-likeness (QED) is 0.365. The van der Waals surface area contributed by atoms with Crippen LogP contribution < -0.4 is 20.1 Å². The molecule has 1 heterocycles. The second kappa shape index (κ2) is 9.34. The summed E-state index contributed by atoms with van der Waals surface area (Å²) in [5.41, 5.74) is 1.87. The van der Waals surface area contributed by atoms with Crippen LogP contribution in [0.25, 0.3) is 10.8 Å². The molecule has 3 N–H and O–H groups in total. The molecule has 4 aromatic rings. The topological polar surface area (TPSA) is 93.0 Å². The Kier molecular flexibility index (Phi) is 6.17. The van der Waals surface area contributed by atoms with Crippen LogP contribution in [0.2, 0.25) is 0 Å². The number of phenols is 1. The molecule has 0 aliphatic rings. The normalized spacial score (nSPS) is 10.7. The van der Waals surface area contributed by atoms with Gasteiger partial charge in [-0.1, -0.05) is 18.2 Å². The third-order valence-corrected chi connectivity index (χ3v) is 5.16. The number of anilines is 2. The molecule has 0 aliphatic heterocycles. The third-order valence-electron chi connectivity index (χ3n) is 5.16. The molecule has 0 fully saturated rings. The Morgan fingerprint density at radius 2 is 1.69 bits per heavy atom. The van der Waals surface area contributed by atoms with Crippen molar-refractivity contribution in [3.8, 4) is 17.2 Å². The second-order valence-corrected chi connectivity index (χ2v) is 7.20. The molecule has 0 saturated carbocycles. The number of aromatic hydroxyl groups is 1. The van der Waals surface area contributed by atoms with Crippen LogP contribution in [0, 0.1) is 0 Å². The van der Waals surface area contributed by atoms with Crippen molar-refractivity contribution in [2.75, 3.05) is 24.9 Å². The van der Waals surface area contributed by atoms with E-state index in [1.165, 1.54) is 0 Å². The highest BCUT2D eigenvalue weighted by Gasteiger charge is 2.18. The molecule has 32 heavy (non-hydrogen) atoms. The van der Waals surface area contributed by atoms with Gasteiger partial charge in [0.25, 0.3) is 0 Å². The second-order valence-electron chi connectivity index (χ2n) is 7.20. The number of amides is 1. The van der Waals surface area contributed by atoms with Gasteiger partial charge in [0.1, 0.15) is 11.5 Å². The van der Waals surface area contributed by atoms with Crippen molar-refractivity contribution < 1.29 is 23.8 Å². The molecule has 3 aromatic carbocycles. The van der Waals surface area contributed by atoms with E-state index in [0.29, 0.717) is 40.4 Å². The number of benzene rings is 3. The zero-order chi connectivity index (χ0) is 22.5. The molecule has 1 aromatic heterocycles. The summed E-state index contributed by atoms with van der Waals surface area (Å²) in [5, 5.41) is 18.5. The van der Waals surface area contributed by atoms with E-state index < -0.39 is 0 Å². The largest absolute Gasteiger partial charge is 0.508 e. The minimum atomic E-state index is -0.237. The maximum Gasteiger partial charge on any atom is 0.228 e. The number of ether oxygens (including phenoxy) is 2. The lowest BCUT2D eigenvalue weighted by molar-refractivity contribution is -0.115. The maximum atomic E-state index is 12.7. The summed E-state index contributed by atoms with van der Waals surface area (Å²) in [5.74, 6) is 1.58. The predicted octanol–water partition coefficient (Wildman–Crippen LogP) is 4.95. The summed E-state index contributed by atoms with van der Waals surface area (Å²) in [6.45, 7) is 0.434. The van der Waals surface area contributed by atoms with Gasteiger partial charge < -0.3 is 29.6 Å². The van der Waals surface area contributed by atoms with Crippen molar-refractivity contribution in [3.63, 3.8) is 0 Å². The lowest BCUT2D eigenvalue weighted by Gasteiger charge is -2.17. The number of carbonyl (C=O) groups excluding carboxylic acids is 1. The van der Waals surface area contributed by atoms with Crippen molar-refractivity contribution in [1.29, 1.82) is 0 Å². The van der Waals surface area contributed by atoms with E-state index in [1.807, 2.05) is 48.5 Å². The van der Waals surface area contributed by atoms with Gasteiger partial charge in [0.2, 0.25) is 5.91 Å². The number of hydrogen-bond donors (Lipinski definition) is 3. The predicted molar refractivity (Wildman–Crippen MR) is 124 cm³/mol. The average Bonchev–Trinajstić information content (AvgIpc) is 3.33. The smallest absolute Gasteiger partial charge is 0.228 e. The highest BCUT2D eigenvalue weighted by molar-refractivity contribution is 6.03. The molecule has 164 valence electrons. The standard InChI is InChI=1S/C25H24N2O5/c1-30-23-11-18-19(12-24(23)31-2)21(26-15-17-9-6-10-32-17)14-22(28)20(18)13-25(29)27-16-7-4-3-5-8-16/h3-12,14,26,28H,13,15H2,1-2H3,(H,27,29). The molecule has 0 saturated heterocycles. The maximum absolute atomic E-state index is 12.7. The van der Waals surface area contributed by atoms with Gasteiger partial charge in [-0.3, -0.25) is 4.79 Å². The number of furan rings is 1. The minimum Gasteiger partial charge on any atom is -0.508 e. The number of para-hydroxylation sites is 1. The van der Waals surface area contributed by atoms with Crippen molar-refractivity contribution in [1.82, 2.24) is 0 Å². The number of rotatable bonds is 8. The molecule has 0 unspecified atom stereocenters. The zero-order valence-electron chi connectivity index (χ0n) is 17.8. The van der Waals surface area contributed by atoms with Crippen LogP contribution in [0.4, 0.5) is 11.4 Å². The van der Waals surface area contributed by atoms with Crippen LogP contribution >= 0.6 is 0 Å². The van der Waals surface area contributed by atoms with Gasteiger partial charge in [-0.2, -0.15) is 0 Å². The van der Waals surface area contributed by atoms with Gasteiger partial charge in [0.15, 0.2) is 11.5 Å². The zero-order valence-corrected chi connectivity index (χ0v) is 17.8. The Hall–Kier alpha value is -4.13. The van der Waals surface area contributed by atoms with Gasteiger partial charge in [-0.15, -0.1) is 0 Å². The van der Waals surface area contributed by atoms with E-state index in [9.17, 15) is 9.90 Å². The summed E-state index contributed by atoms with van der Waals surface area (Å²) in [7, 11) is 3.11. The third kappa shape index (κ3) is 4.46. The molecular weight excluding hydrogens is 408 g/mol. The fourth-order valence-electron chi connectivity index (χ4n) is 3.61. The van der Waals surface area contributed by atoms with Gasteiger partial charge in [-0.05, 0) is 41.8 Å². The molecule has 0 radical (unpaired) electrons. The Morgan fingerprint density at radius 1 is 0.969 bits per heavy atom. The lowest BCUT2D eigenvalue weighted by Crippen LogP contribution is -2.15. The van der Waals surface area contributed by atoms with Gasteiger partial charge in [0, 0.05) is 28.4 Å². The van der Waals surface area contributed by atoms with Gasteiger partial charge >= 0.3 is 0 Å². The lowest BCUT2D eigenvalue weighted by atomic mass is 9.98. The highest BCUT2D eigenvalue weighted by atomic mass is 16.5. The first-order chi connectivity index (χ1) is 15.6. The van der Waals surface area contributed by atoms with E-state index >= 15 is 0 Å². The van der Waals surface area contributed by atoms with E-state index in [0.717, 1.165) is 11.1 Å². The van der Waals surface area contributed by atoms with Crippen LogP contribution in [-0.4, -0.2) is 25.2 Å². The van der Waals surface area contributed by atoms with Crippen LogP contribution in [0.5, 0.6) is 17.2 Å². The summed E-state index contributed by atoms with van der Waals surface area (Å²) in [6, 6.07) is 18.1. The summed E-state index contributed by atoms with van der Waals surface area (Å²) in [6.07, 6.45) is 1.60. The number of fused-ring (bicyclic) bond motifs is 1. The fraction of sp³-hybridized carbons (Fsp3) is 0.160. The summed E-state index contributed by atoms with van der Waals surface area (Å²) in [4.78, 5) is 12.7. The first-order valence-electron chi connectivity index (χ1n) is 10.1. The molecule has 1 amide bonds. The first-order valence-corrected chi connectivity index (χ1v) is 10.1. The van der Waals surface area contributed by atoms with Crippen molar-refractivity contribution >= 4 is 28.1 Å². The van der Waals surface area contributed by atoms with Crippen LogP contribution in [0.3, 0.4) is 0 Å². The SMILES string of the molecule is COc1cc2c(NCc3ccco3)cc(O)c(CC(=O)Nc3ccccc3)c2cc1OC. The Balaban J connectivity index is 1.73. The molecule has 7 nitrogen and oxygen atoms in total. The van der Waals surface area contributed by atoms with Gasteiger partial charge in [-0.25, -0.2) is 0 Å². The molecule has 7 heteroatoms. The average molecular weight is 432 g/mol. The number of nitrogens with one attached hydrogen (secondary N) is 2. The van der Waals surface area contributed by atoms with Crippen LogP contribution in [0.15, 0.2) is 71.3 Å². The minimum absolute atomic E-state index is 0.00876. The van der Waals surface area contributed by atoms with E-state index in [4.69, 9.17) is 13.9 Å². The molecular formula is C25H24N2O5. The number of hydrogen-bond acceptors (Lipinski definition) is 6. The van der Waals surface area contributed by atoms with E-state index in [2.05, 4.69) is 10.6 Å². The van der Waals surface area contributed by atoms with Gasteiger partial charge in [0.05, 0.1) is 33.4 Å². The highest BCUT2D eigenvalue weighted by Crippen LogP contribution is 2.41. The fourth-order valence-corrected chi connectivity index (χ4v) is 3.61. The van der Waals surface area contributed by atoms with Crippen LogP contribution in [0.1, 0.15) is 11.3 Å². The molecule has 0 atom stereocenters. The monoisotopic (exact) mass is 432 g/mol. The Bertz CT molecular complexity index is 1220.